The number of aldehydes is 1. The molecule has 0 radical (unpaired) electrons. The van der Waals surface area contributed by atoms with Crippen LogP contribution < -0.4 is 51.5 Å². The third kappa shape index (κ3) is 40.3. The third-order valence-corrected chi connectivity index (χ3v) is 25.2. The number of carboxylic acids is 1. The van der Waals surface area contributed by atoms with Gasteiger partial charge in [-0.15, -0.1) is 0 Å². The number of rotatable bonds is 32. The largest absolute Gasteiger partial charge is 0.490 e. The highest BCUT2D eigenvalue weighted by molar-refractivity contribution is 9.10. The summed E-state index contributed by atoms with van der Waals surface area (Å²) in [4.78, 5) is 107. The maximum atomic E-state index is 12.8. The van der Waals surface area contributed by atoms with Gasteiger partial charge in [0.1, 0.15) is 97.8 Å². The molecule has 830 valence electrons. The van der Waals surface area contributed by atoms with Crippen LogP contribution in [0.2, 0.25) is 0 Å². The van der Waals surface area contributed by atoms with Crippen LogP contribution in [0.25, 0.3) is 5.57 Å². The van der Waals surface area contributed by atoms with Crippen molar-refractivity contribution in [2.24, 2.45) is 0 Å². The number of piperidine rings is 2. The van der Waals surface area contributed by atoms with Crippen molar-refractivity contribution in [3.63, 3.8) is 0 Å². The lowest BCUT2D eigenvalue weighted by atomic mass is 9.83. The van der Waals surface area contributed by atoms with Crippen molar-refractivity contribution in [1.82, 2.24) is 45.5 Å². The molecule has 2 saturated carbocycles. The molecule has 0 bridgehead atoms. The first-order valence-electron chi connectivity index (χ1n) is 50.1. The Hall–Kier alpha value is -11.4. The quantitative estimate of drug-likeness (QED) is 0.00891. The van der Waals surface area contributed by atoms with Gasteiger partial charge in [-0.25, -0.2) is 58.9 Å². The number of hydrogen-bond acceptors (Lipinski definition) is 33. The Kier molecular flexibility index (Phi) is 54.2. The summed E-state index contributed by atoms with van der Waals surface area (Å²) >= 11 is 3.39. The number of methoxy groups -OCH3 is 11. The fourth-order valence-corrected chi connectivity index (χ4v) is 17.3. The number of aromatic nitrogens is 7. The lowest BCUT2D eigenvalue weighted by molar-refractivity contribution is -0.192. The van der Waals surface area contributed by atoms with E-state index in [1.54, 1.807) is 116 Å². The van der Waals surface area contributed by atoms with Crippen LogP contribution >= 0.6 is 15.9 Å². The number of nitriles is 1. The maximum Gasteiger partial charge on any atom is 0.490 e. The van der Waals surface area contributed by atoms with Crippen LogP contribution in [0.4, 0.5) is 78.8 Å². The first-order valence-corrected chi connectivity index (χ1v) is 50.9. The van der Waals surface area contributed by atoms with Crippen LogP contribution in [0.5, 0.6) is 0 Å². The SMILES string of the molecule is CNc1ccc(C2CCCCC2)c(C(OC)OC)n1.CNc1ccc(C2CCNCC2)c(C(OC)OC)n1.COC(OC)c1nc(N(C)C(=O)OC(C)(C)C)ccc1Br.COC(OC)c1nc(N(C)C(=O)OC(C)(C)C)ccc1C1=CCCCC1.COC(OC)c1nc(N(C)C(=O)OC(C)(C)C)ccc1C1CCCCC1.COCCNc1cc(NC(=O)N(C)c2ccc(C3CCNCC3)c(C=O)n2)ncc1C#N.O=C(O)C(F)(F)F. The Bertz CT molecular complexity index is 5340. The Labute approximate surface area is 889 Å². The molecule has 5 aliphatic rings. The number of pyridine rings is 7. The Morgan fingerprint density at radius 3 is 1.21 bits per heavy atom. The van der Waals surface area contributed by atoms with Gasteiger partial charge in [0.05, 0.1) is 17.9 Å². The number of carbonyl (C=O) groups excluding carboxylic acids is 5. The zero-order chi connectivity index (χ0) is 111. The first-order chi connectivity index (χ1) is 71.3. The molecule has 0 unspecified atom stereocenters. The van der Waals surface area contributed by atoms with Gasteiger partial charge in [-0.1, -0.05) is 68.9 Å². The van der Waals surface area contributed by atoms with Crippen LogP contribution in [-0.4, -0.2) is 259 Å². The summed E-state index contributed by atoms with van der Waals surface area (Å²) in [5.74, 6) is 2.90. The second-order valence-corrected chi connectivity index (χ2v) is 39.5. The summed E-state index contributed by atoms with van der Waals surface area (Å²) in [5.41, 5.74) is 10.2. The number of carboxylic acid groups (broad SMARTS) is 1. The molecule has 150 heavy (non-hydrogen) atoms. The van der Waals surface area contributed by atoms with Crippen molar-refractivity contribution >= 4 is 104 Å². The summed E-state index contributed by atoms with van der Waals surface area (Å²) in [7, 11) is 27.8. The molecule has 43 heteroatoms. The Morgan fingerprint density at radius 2 is 0.833 bits per heavy atom. The van der Waals surface area contributed by atoms with Gasteiger partial charge in [-0.3, -0.25) is 29.7 Å². The number of allylic oxidation sites excluding steroid dienone is 2. The highest BCUT2D eigenvalue weighted by Crippen LogP contribution is 2.42. The number of halogens is 4. The average Bonchev–Trinajstić information content (AvgIpc) is 0.868. The molecule has 2 saturated heterocycles. The zero-order valence-corrected chi connectivity index (χ0v) is 93.5. The number of anilines is 8. The molecular formula is C107H158BrF3N18O21. The van der Waals surface area contributed by atoms with Crippen molar-refractivity contribution in [2.45, 2.75) is 256 Å². The number of carbonyl (C=O) groups is 6. The topological polar surface area (TPSA) is 451 Å². The first kappa shape index (κ1) is 127. The highest BCUT2D eigenvalue weighted by Gasteiger charge is 2.39. The van der Waals surface area contributed by atoms with Gasteiger partial charge in [0, 0.05) is 149 Å². The lowest BCUT2D eigenvalue weighted by Gasteiger charge is -2.28. The zero-order valence-electron chi connectivity index (χ0n) is 91.9. The molecule has 2 aliphatic heterocycles. The molecule has 0 aromatic carbocycles. The van der Waals surface area contributed by atoms with E-state index in [0.29, 0.717) is 82.5 Å². The molecule has 3 aliphatic carbocycles. The fraction of sp³-hybridized carbons (Fsp3) is 0.589. The smallest absolute Gasteiger partial charge is 0.475 e. The van der Waals surface area contributed by atoms with E-state index in [2.05, 4.69) is 108 Å². The summed E-state index contributed by atoms with van der Waals surface area (Å²) in [6, 6.07) is 26.4. The minimum Gasteiger partial charge on any atom is -0.475 e. The molecule has 39 nitrogen and oxygen atoms in total. The Balaban J connectivity index is 0.000000273. The minimum atomic E-state index is -5.08. The van der Waals surface area contributed by atoms with E-state index in [-0.39, 0.29) is 18.0 Å². The molecule has 7 N–H and O–H groups in total. The molecular weight excluding hydrogens is 2010 g/mol. The van der Waals surface area contributed by atoms with Crippen molar-refractivity contribution in [1.29, 1.82) is 5.26 Å². The maximum absolute atomic E-state index is 12.8. The predicted octanol–water partition coefficient (Wildman–Crippen LogP) is 21.3. The van der Waals surface area contributed by atoms with E-state index in [4.69, 9.17) is 81.2 Å². The van der Waals surface area contributed by atoms with Gasteiger partial charge in [0.25, 0.3) is 0 Å². The average molecular weight is 2170 g/mol. The summed E-state index contributed by atoms with van der Waals surface area (Å²) < 4.78 is 107. The number of amides is 5. The van der Waals surface area contributed by atoms with Crippen LogP contribution in [0.15, 0.2) is 95.6 Å². The van der Waals surface area contributed by atoms with Crippen LogP contribution in [0.1, 0.15) is 305 Å². The van der Waals surface area contributed by atoms with E-state index in [9.17, 15) is 42.4 Å². The number of hydrogen-bond donors (Lipinski definition) is 7. The van der Waals surface area contributed by atoms with E-state index in [1.165, 1.54) is 115 Å². The van der Waals surface area contributed by atoms with E-state index in [0.717, 1.165) is 140 Å². The molecule has 9 heterocycles. The fourth-order valence-electron chi connectivity index (χ4n) is 16.9. The molecule has 4 fully saturated rings. The number of aliphatic carboxylic acids is 1. The van der Waals surface area contributed by atoms with Gasteiger partial charge in [-0.2, -0.15) is 18.4 Å². The highest BCUT2D eigenvalue weighted by atomic mass is 79.9. The van der Waals surface area contributed by atoms with Crippen molar-refractivity contribution in [3.8, 4) is 6.07 Å². The predicted molar refractivity (Wildman–Crippen MR) is 574 cm³/mol. The molecule has 0 spiro atoms. The normalized spacial score (nSPS) is 14.7. The van der Waals surface area contributed by atoms with Crippen molar-refractivity contribution < 1.29 is 113 Å². The van der Waals surface area contributed by atoms with Gasteiger partial charge in [0.2, 0.25) is 31.5 Å². The van der Waals surface area contributed by atoms with E-state index >= 15 is 0 Å². The van der Waals surface area contributed by atoms with Crippen LogP contribution in [-0.2, 0) is 71.1 Å². The molecule has 5 amide bonds. The second-order valence-electron chi connectivity index (χ2n) is 38.7. The molecule has 7 aromatic heterocycles. The summed E-state index contributed by atoms with van der Waals surface area (Å²) in [6.45, 7) is 21.4. The monoisotopic (exact) mass is 2170 g/mol. The number of ether oxygens (including phenoxy) is 14. The second kappa shape index (κ2) is 63.8. The Morgan fingerprint density at radius 1 is 0.473 bits per heavy atom. The van der Waals surface area contributed by atoms with Gasteiger partial charge in [-0.05, 0) is 282 Å². The van der Waals surface area contributed by atoms with E-state index in [1.807, 2.05) is 113 Å². The van der Waals surface area contributed by atoms with Crippen molar-refractivity contribution in [2.75, 3.05) is 201 Å². The van der Waals surface area contributed by atoms with Crippen molar-refractivity contribution in [3.05, 3.63) is 163 Å². The van der Waals surface area contributed by atoms with Crippen LogP contribution in [0, 0.1) is 11.3 Å². The van der Waals surface area contributed by atoms with E-state index < -0.39 is 78.4 Å². The number of nitrogens with zero attached hydrogens (tertiary/aromatic N) is 12. The lowest BCUT2D eigenvalue weighted by Crippen LogP contribution is -2.34. The van der Waals surface area contributed by atoms with Gasteiger partial charge in [0.15, 0.2) is 6.29 Å². The van der Waals surface area contributed by atoms with Gasteiger partial charge >= 0.3 is 36.5 Å². The third-order valence-electron chi connectivity index (χ3n) is 24.5. The van der Waals surface area contributed by atoms with Gasteiger partial charge < -0.3 is 98.0 Å². The molecule has 0 atom stereocenters. The number of nitrogens with one attached hydrogen (secondary N) is 6. The summed E-state index contributed by atoms with van der Waals surface area (Å²) in [6.07, 6.45) is 16.5. The summed E-state index contributed by atoms with van der Waals surface area (Å²) in [5, 5.41) is 35.0. The number of urea groups is 1. The van der Waals surface area contributed by atoms with Crippen LogP contribution in [0.3, 0.4) is 0 Å². The number of alkyl halides is 3. The standard InChI is InChI=1S/C22H27N7O3.C20H32N2O4.C20H30N2O4.C15H24N2O2.C14H21BrN2O4.C14H23N3O2.C2HF3O2/c1-29(21-4-3-17(19(14-30)27-21)15-5-7-24-8-6-15)22(31)28-20-11-18(25-9-10-32-2)16(12-23)13-26-20;2*1-20(2,3)26-19(23)22(4)16-13-12-15(14-10-8-7-9-11-14)17(21-16)18(24-5)25-6;1-16-13-10-9-12(11-7-5-4-6-8-11)14(17-13)15(18-2)19-3;1-14(2,3)21-13(18)17(4)10-8-7-9(15)11(16-10)12(19-5)20-6;1-15-12-5-4-11(10-6-8-16-9-7-10)13(17-12)14(18-2)19-3;3-2(4,5)1(6)7/h3-4,11,13-15,24H,5-10H2,1-2H3,(H2,25,26,28,31);12-14,18H,7-11H2,1-6H3;10,12-13,18H,7-9,11H2,1-6H3;9-11,15H,4-8H2,1-3H3,(H,16,17);7-8,12H,1-6H3;4-5,10,14,16H,6-9H2,1-3H3,(H,15,17);(H,6,7). The molecule has 12 rings (SSSR count). The minimum absolute atomic E-state index is 0.280. The molecule has 7 aromatic rings.